The Bertz CT molecular complexity index is 310. The van der Waals surface area contributed by atoms with Gasteiger partial charge in [-0.2, -0.15) is 0 Å². The molecular formula is C14H24N2S. The van der Waals surface area contributed by atoms with Crippen LogP contribution >= 0.6 is 11.3 Å². The highest BCUT2D eigenvalue weighted by molar-refractivity contribution is 7.09. The Balaban J connectivity index is 1.71. The summed E-state index contributed by atoms with van der Waals surface area (Å²) < 4.78 is 0. The van der Waals surface area contributed by atoms with Gasteiger partial charge in [0.1, 0.15) is 0 Å². The number of nitrogens with one attached hydrogen (secondary N) is 1. The fourth-order valence-electron chi connectivity index (χ4n) is 2.88. The van der Waals surface area contributed by atoms with Crippen LogP contribution in [-0.4, -0.2) is 38.1 Å². The predicted octanol–water partition coefficient (Wildman–Crippen LogP) is 2.61. The zero-order valence-corrected chi connectivity index (χ0v) is 11.8. The molecular weight excluding hydrogens is 228 g/mol. The second-order valence-corrected chi connectivity index (χ2v) is 6.21. The quantitative estimate of drug-likeness (QED) is 0.837. The van der Waals surface area contributed by atoms with E-state index in [9.17, 15) is 0 Å². The van der Waals surface area contributed by atoms with Crippen LogP contribution in [0.15, 0.2) is 17.5 Å². The summed E-state index contributed by atoms with van der Waals surface area (Å²) in [6.07, 6.45) is 5.36. The Hall–Kier alpha value is -0.380. The minimum Gasteiger partial charge on any atom is -0.317 e. The normalized spacial score (nSPS) is 24.6. The molecule has 1 aromatic rings. The molecule has 1 aliphatic carbocycles. The van der Waals surface area contributed by atoms with Crippen LogP contribution in [0, 0.1) is 5.92 Å². The van der Waals surface area contributed by atoms with Crippen LogP contribution in [0.2, 0.25) is 0 Å². The molecule has 1 heterocycles. The van der Waals surface area contributed by atoms with E-state index in [1.807, 2.05) is 11.3 Å². The number of nitrogens with zero attached hydrogens (tertiary/aromatic N) is 1. The molecule has 0 saturated heterocycles. The van der Waals surface area contributed by atoms with Gasteiger partial charge in [-0.1, -0.05) is 12.5 Å². The predicted molar refractivity (Wildman–Crippen MR) is 75.7 cm³/mol. The highest BCUT2D eigenvalue weighted by Gasteiger charge is 2.26. The Morgan fingerprint density at radius 1 is 1.47 bits per heavy atom. The Morgan fingerprint density at radius 2 is 2.35 bits per heavy atom. The smallest absolute Gasteiger partial charge is 0.0104 e. The lowest BCUT2D eigenvalue weighted by atomic mass is 10.0. The molecule has 2 rings (SSSR count). The van der Waals surface area contributed by atoms with Gasteiger partial charge < -0.3 is 10.2 Å². The molecule has 0 aromatic carbocycles. The van der Waals surface area contributed by atoms with Gasteiger partial charge >= 0.3 is 0 Å². The van der Waals surface area contributed by atoms with Crippen molar-refractivity contribution in [2.45, 2.75) is 31.7 Å². The summed E-state index contributed by atoms with van der Waals surface area (Å²) in [6, 6.07) is 5.14. The summed E-state index contributed by atoms with van der Waals surface area (Å²) in [5.41, 5.74) is 0. The summed E-state index contributed by atoms with van der Waals surface area (Å²) in [5, 5.41) is 5.63. The molecule has 1 aliphatic rings. The van der Waals surface area contributed by atoms with Crippen molar-refractivity contribution in [1.29, 1.82) is 0 Å². The Labute approximate surface area is 109 Å². The van der Waals surface area contributed by atoms with E-state index in [2.05, 4.69) is 41.8 Å². The fourth-order valence-corrected chi connectivity index (χ4v) is 3.58. The molecule has 0 radical (unpaired) electrons. The lowest BCUT2D eigenvalue weighted by molar-refractivity contribution is 0.258. The maximum atomic E-state index is 3.46. The molecule has 1 aromatic heterocycles. The van der Waals surface area contributed by atoms with Gasteiger partial charge in [-0.15, -0.1) is 11.3 Å². The van der Waals surface area contributed by atoms with Crippen LogP contribution in [0.5, 0.6) is 0 Å². The fraction of sp³-hybridized carbons (Fsp3) is 0.714. The first-order chi connectivity index (χ1) is 8.29. The van der Waals surface area contributed by atoms with E-state index in [1.165, 1.54) is 43.6 Å². The number of hydrogen-bond donors (Lipinski definition) is 1. The molecule has 17 heavy (non-hydrogen) atoms. The highest BCUT2D eigenvalue weighted by Crippen LogP contribution is 2.26. The third-order valence-corrected chi connectivity index (χ3v) is 4.83. The van der Waals surface area contributed by atoms with Crippen LogP contribution in [0.3, 0.4) is 0 Å². The van der Waals surface area contributed by atoms with Gasteiger partial charge in [0.15, 0.2) is 0 Å². The van der Waals surface area contributed by atoms with Crippen molar-refractivity contribution < 1.29 is 0 Å². The Kier molecular flexibility index (Phi) is 5.01. The van der Waals surface area contributed by atoms with Crippen molar-refractivity contribution in [3.63, 3.8) is 0 Å². The number of thiophene rings is 1. The van der Waals surface area contributed by atoms with Gasteiger partial charge in [0.2, 0.25) is 0 Å². The van der Waals surface area contributed by atoms with Crippen LogP contribution in [0.4, 0.5) is 0 Å². The largest absolute Gasteiger partial charge is 0.317 e. The third-order valence-electron chi connectivity index (χ3n) is 3.90. The Morgan fingerprint density at radius 3 is 3.06 bits per heavy atom. The molecule has 1 fully saturated rings. The average Bonchev–Trinajstić information content (AvgIpc) is 2.97. The van der Waals surface area contributed by atoms with E-state index in [4.69, 9.17) is 0 Å². The van der Waals surface area contributed by atoms with Crippen molar-refractivity contribution in [3.8, 4) is 0 Å². The SMILES string of the molecule is CNC1CCCC1CN(C)CCc1cccs1. The summed E-state index contributed by atoms with van der Waals surface area (Å²) >= 11 is 1.87. The molecule has 0 aliphatic heterocycles. The van der Waals surface area contributed by atoms with E-state index in [0.29, 0.717) is 0 Å². The van der Waals surface area contributed by atoms with E-state index < -0.39 is 0 Å². The van der Waals surface area contributed by atoms with Gasteiger partial charge in [-0.05, 0) is 50.7 Å². The van der Waals surface area contributed by atoms with Gasteiger partial charge in [0.25, 0.3) is 0 Å². The topological polar surface area (TPSA) is 15.3 Å². The zero-order chi connectivity index (χ0) is 12.1. The third kappa shape index (κ3) is 3.80. The van der Waals surface area contributed by atoms with E-state index in [0.717, 1.165) is 12.0 Å². The molecule has 0 spiro atoms. The van der Waals surface area contributed by atoms with Gasteiger partial charge in [-0.3, -0.25) is 0 Å². The van der Waals surface area contributed by atoms with Crippen LogP contribution in [0.25, 0.3) is 0 Å². The molecule has 96 valence electrons. The molecule has 0 amide bonds. The molecule has 1 N–H and O–H groups in total. The second kappa shape index (κ2) is 6.53. The first-order valence-corrected chi connectivity index (χ1v) is 7.55. The van der Waals surface area contributed by atoms with Crippen molar-refractivity contribution in [1.82, 2.24) is 10.2 Å². The van der Waals surface area contributed by atoms with E-state index in [1.54, 1.807) is 0 Å². The first kappa shape index (κ1) is 13.1. The summed E-state index contributed by atoms with van der Waals surface area (Å²) in [5.74, 6) is 0.855. The van der Waals surface area contributed by atoms with Crippen molar-refractivity contribution >= 4 is 11.3 Å². The minimum atomic E-state index is 0.749. The summed E-state index contributed by atoms with van der Waals surface area (Å²) in [7, 11) is 4.37. The van der Waals surface area contributed by atoms with Crippen molar-refractivity contribution in [2.75, 3.05) is 27.2 Å². The molecule has 2 atom stereocenters. The van der Waals surface area contributed by atoms with Gasteiger partial charge in [0.05, 0.1) is 0 Å². The maximum Gasteiger partial charge on any atom is 0.0104 e. The summed E-state index contributed by atoms with van der Waals surface area (Å²) in [4.78, 5) is 4.01. The molecule has 0 bridgehead atoms. The second-order valence-electron chi connectivity index (χ2n) is 5.18. The van der Waals surface area contributed by atoms with Crippen molar-refractivity contribution in [3.05, 3.63) is 22.4 Å². The standard InChI is InChI=1S/C14H24N2S/c1-15-14-7-3-5-12(14)11-16(2)9-8-13-6-4-10-17-13/h4,6,10,12,14-15H,3,5,7-9,11H2,1-2H3. The first-order valence-electron chi connectivity index (χ1n) is 6.68. The molecule has 1 saturated carbocycles. The number of likely N-dealkylation sites (N-methyl/N-ethyl adjacent to an activating group) is 1. The summed E-state index contributed by atoms with van der Waals surface area (Å²) in [6.45, 7) is 2.43. The monoisotopic (exact) mass is 252 g/mol. The van der Waals surface area contributed by atoms with Gasteiger partial charge in [-0.25, -0.2) is 0 Å². The van der Waals surface area contributed by atoms with Crippen LogP contribution in [-0.2, 0) is 6.42 Å². The maximum absolute atomic E-state index is 3.46. The minimum absolute atomic E-state index is 0.749. The lowest BCUT2D eigenvalue weighted by Gasteiger charge is -2.25. The van der Waals surface area contributed by atoms with E-state index >= 15 is 0 Å². The number of hydrogen-bond acceptors (Lipinski definition) is 3. The average molecular weight is 252 g/mol. The highest BCUT2D eigenvalue weighted by atomic mass is 32.1. The van der Waals surface area contributed by atoms with E-state index in [-0.39, 0.29) is 0 Å². The van der Waals surface area contributed by atoms with Gasteiger partial charge in [0, 0.05) is 24.0 Å². The van der Waals surface area contributed by atoms with Crippen LogP contribution in [0.1, 0.15) is 24.1 Å². The van der Waals surface area contributed by atoms with Crippen molar-refractivity contribution in [2.24, 2.45) is 5.92 Å². The zero-order valence-electron chi connectivity index (χ0n) is 11.0. The molecule has 2 unspecified atom stereocenters. The van der Waals surface area contributed by atoms with Crippen LogP contribution < -0.4 is 5.32 Å². The molecule has 2 nitrogen and oxygen atoms in total. The lowest BCUT2D eigenvalue weighted by Crippen LogP contribution is -2.37. The molecule has 3 heteroatoms. The number of rotatable bonds is 6.